The molecule has 2 aromatic carbocycles. The van der Waals surface area contributed by atoms with E-state index in [9.17, 15) is 8.42 Å². The summed E-state index contributed by atoms with van der Waals surface area (Å²) in [4.78, 5) is 0.165. The van der Waals surface area contributed by atoms with E-state index in [1.54, 1.807) is 30.3 Å². The Morgan fingerprint density at radius 3 is 2.15 bits per heavy atom. The first-order chi connectivity index (χ1) is 12.6. The van der Waals surface area contributed by atoms with E-state index in [1.165, 1.54) is 12.1 Å². The van der Waals surface area contributed by atoms with Gasteiger partial charge in [-0.15, -0.1) is 10.2 Å². The zero-order chi connectivity index (χ0) is 18.4. The molecule has 3 rings (SSSR count). The first-order valence-corrected chi connectivity index (χ1v) is 9.46. The van der Waals surface area contributed by atoms with E-state index in [2.05, 4.69) is 20.2 Å². The number of rotatable bonds is 7. The van der Waals surface area contributed by atoms with Crippen molar-refractivity contribution in [3.05, 3.63) is 66.7 Å². The van der Waals surface area contributed by atoms with Gasteiger partial charge in [-0.25, -0.2) is 8.42 Å². The minimum absolute atomic E-state index is 0.145. The second-order valence-electron chi connectivity index (χ2n) is 5.30. The standard InChI is InChI=1S/C18H18N4O3S/c1-2-25-15-10-8-14(9-11-15)19-17-12-13-18(21-20-17)22-26(23,24)16-6-4-3-5-7-16/h3-13H,2H2,1H3,(H,19,20)(H,21,22). The van der Waals surface area contributed by atoms with Crippen molar-refractivity contribution in [3.8, 4) is 5.75 Å². The van der Waals surface area contributed by atoms with Crippen LogP contribution >= 0.6 is 0 Å². The number of anilines is 3. The minimum atomic E-state index is -3.68. The molecule has 0 amide bonds. The Kier molecular flexibility index (Phi) is 5.33. The lowest BCUT2D eigenvalue weighted by Crippen LogP contribution is -2.14. The van der Waals surface area contributed by atoms with Gasteiger partial charge in [0.2, 0.25) is 0 Å². The number of nitrogens with zero attached hydrogens (tertiary/aromatic N) is 2. The maximum atomic E-state index is 12.3. The van der Waals surface area contributed by atoms with Crippen molar-refractivity contribution in [2.75, 3.05) is 16.6 Å². The molecule has 0 aliphatic carbocycles. The zero-order valence-corrected chi connectivity index (χ0v) is 14.9. The van der Waals surface area contributed by atoms with Gasteiger partial charge < -0.3 is 10.1 Å². The Balaban J connectivity index is 1.67. The fourth-order valence-corrected chi connectivity index (χ4v) is 3.22. The van der Waals surface area contributed by atoms with Crippen molar-refractivity contribution >= 4 is 27.3 Å². The molecule has 2 N–H and O–H groups in total. The highest BCUT2D eigenvalue weighted by atomic mass is 32.2. The number of ether oxygens (including phenoxy) is 1. The maximum absolute atomic E-state index is 12.3. The number of hydrogen-bond acceptors (Lipinski definition) is 6. The van der Waals surface area contributed by atoms with Crippen LogP contribution in [-0.2, 0) is 10.0 Å². The van der Waals surface area contributed by atoms with Gasteiger partial charge in [-0.3, -0.25) is 4.72 Å². The molecule has 0 saturated heterocycles. The van der Waals surface area contributed by atoms with Crippen LogP contribution in [0.25, 0.3) is 0 Å². The Morgan fingerprint density at radius 1 is 0.885 bits per heavy atom. The van der Waals surface area contributed by atoms with Gasteiger partial charge in [-0.2, -0.15) is 0 Å². The lowest BCUT2D eigenvalue weighted by atomic mass is 10.3. The summed E-state index contributed by atoms with van der Waals surface area (Å²) in [6.07, 6.45) is 0. The molecule has 1 heterocycles. The number of benzene rings is 2. The van der Waals surface area contributed by atoms with Crippen molar-refractivity contribution in [3.63, 3.8) is 0 Å². The summed E-state index contributed by atoms with van der Waals surface area (Å²) < 4.78 is 32.3. The highest BCUT2D eigenvalue weighted by molar-refractivity contribution is 7.92. The molecule has 0 bridgehead atoms. The van der Waals surface area contributed by atoms with Crippen molar-refractivity contribution in [2.45, 2.75) is 11.8 Å². The van der Waals surface area contributed by atoms with Crippen LogP contribution in [0.4, 0.5) is 17.3 Å². The van der Waals surface area contributed by atoms with Crippen LogP contribution in [0.1, 0.15) is 6.92 Å². The van der Waals surface area contributed by atoms with Gasteiger partial charge >= 0.3 is 0 Å². The molecule has 0 fully saturated rings. The van der Waals surface area contributed by atoms with E-state index in [0.717, 1.165) is 11.4 Å². The Bertz CT molecular complexity index is 944. The molecule has 0 spiro atoms. The second kappa shape index (κ2) is 7.83. The molecule has 0 saturated carbocycles. The number of aromatic nitrogens is 2. The molecule has 3 aromatic rings. The van der Waals surface area contributed by atoms with E-state index in [-0.39, 0.29) is 10.7 Å². The molecule has 1 aromatic heterocycles. The Hall–Kier alpha value is -3.13. The summed E-state index contributed by atoms with van der Waals surface area (Å²) in [6.45, 7) is 2.54. The zero-order valence-electron chi connectivity index (χ0n) is 14.1. The SMILES string of the molecule is CCOc1ccc(Nc2ccc(NS(=O)(=O)c3ccccc3)nn2)cc1. The smallest absolute Gasteiger partial charge is 0.263 e. The van der Waals surface area contributed by atoms with Crippen molar-refractivity contribution in [1.82, 2.24) is 10.2 Å². The van der Waals surface area contributed by atoms with Gasteiger partial charge in [0.1, 0.15) is 5.75 Å². The van der Waals surface area contributed by atoms with Crippen LogP contribution in [0.15, 0.2) is 71.6 Å². The van der Waals surface area contributed by atoms with Gasteiger partial charge in [0.05, 0.1) is 11.5 Å². The molecular formula is C18H18N4O3S. The number of nitrogens with one attached hydrogen (secondary N) is 2. The van der Waals surface area contributed by atoms with E-state index in [0.29, 0.717) is 12.4 Å². The predicted octanol–water partition coefficient (Wildman–Crippen LogP) is 3.42. The van der Waals surface area contributed by atoms with Gasteiger partial charge in [0.15, 0.2) is 11.6 Å². The molecule has 0 atom stereocenters. The number of hydrogen-bond donors (Lipinski definition) is 2. The van der Waals surface area contributed by atoms with Crippen LogP contribution < -0.4 is 14.8 Å². The molecule has 0 radical (unpaired) electrons. The van der Waals surface area contributed by atoms with Crippen molar-refractivity contribution < 1.29 is 13.2 Å². The molecule has 0 aliphatic rings. The third-order valence-corrected chi connectivity index (χ3v) is 4.77. The largest absolute Gasteiger partial charge is 0.494 e. The Labute approximate surface area is 152 Å². The lowest BCUT2D eigenvalue weighted by molar-refractivity contribution is 0.340. The van der Waals surface area contributed by atoms with Gasteiger partial charge in [0, 0.05) is 5.69 Å². The topological polar surface area (TPSA) is 93.2 Å². The van der Waals surface area contributed by atoms with Crippen LogP contribution in [-0.4, -0.2) is 25.2 Å². The summed E-state index contributed by atoms with van der Waals surface area (Å²) >= 11 is 0. The average molecular weight is 370 g/mol. The number of sulfonamides is 1. The third kappa shape index (κ3) is 4.48. The molecule has 134 valence electrons. The van der Waals surface area contributed by atoms with Crippen LogP contribution in [0.5, 0.6) is 5.75 Å². The fraction of sp³-hybridized carbons (Fsp3) is 0.111. The van der Waals surface area contributed by atoms with Crippen molar-refractivity contribution in [1.29, 1.82) is 0 Å². The molecular weight excluding hydrogens is 352 g/mol. The fourth-order valence-electron chi connectivity index (χ4n) is 2.20. The van der Waals surface area contributed by atoms with Crippen LogP contribution in [0, 0.1) is 0 Å². The highest BCUT2D eigenvalue weighted by Gasteiger charge is 2.14. The molecule has 7 nitrogen and oxygen atoms in total. The van der Waals surface area contributed by atoms with Gasteiger partial charge in [-0.05, 0) is 55.5 Å². The summed E-state index contributed by atoms with van der Waals surface area (Å²) in [5.41, 5.74) is 0.820. The maximum Gasteiger partial charge on any atom is 0.263 e. The quantitative estimate of drug-likeness (QED) is 0.662. The summed E-state index contributed by atoms with van der Waals surface area (Å²) in [7, 11) is -3.68. The predicted molar refractivity (Wildman–Crippen MR) is 100 cm³/mol. The minimum Gasteiger partial charge on any atom is -0.494 e. The Morgan fingerprint density at radius 2 is 1.54 bits per heavy atom. The monoisotopic (exact) mass is 370 g/mol. The first-order valence-electron chi connectivity index (χ1n) is 7.98. The summed E-state index contributed by atoms with van der Waals surface area (Å²) in [5.74, 6) is 1.43. The molecule has 26 heavy (non-hydrogen) atoms. The van der Waals surface area contributed by atoms with Crippen LogP contribution in [0.2, 0.25) is 0 Å². The molecule has 0 unspecified atom stereocenters. The van der Waals surface area contributed by atoms with Crippen molar-refractivity contribution in [2.24, 2.45) is 0 Å². The van der Waals surface area contributed by atoms with Crippen LogP contribution in [0.3, 0.4) is 0 Å². The summed E-state index contributed by atoms with van der Waals surface area (Å²) in [6, 6.07) is 18.7. The second-order valence-corrected chi connectivity index (χ2v) is 6.99. The summed E-state index contributed by atoms with van der Waals surface area (Å²) in [5, 5.41) is 11.0. The lowest BCUT2D eigenvalue weighted by Gasteiger charge is -2.09. The van der Waals surface area contributed by atoms with E-state index >= 15 is 0 Å². The van der Waals surface area contributed by atoms with E-state index in [4.69, 9.17) is 4.74 Å². The third-order valence-electron chi connectivity index (χ3n) is 3.39. The highest BCUT2D eigenvalue weighted by Crippen LogP contribution is 2.20. The first kappa shape index (κ1) is 17.7. The van der Waals surface area contributed by atoms with E-state index in [1.807, 2.05) is 31.2 Å². The van der Waals surface area contributed by atoms with Gasteiger partial charge in [0.25, 0.3) is 10.0 Å². The van der Waals surface area contributed by atoms with E-state index < -0.39 is 10.0 Å². The molecule has 8 heteroatoms. The normalized spacial score (nSPS) is 11.0. The average Bonchev–Trinajstić information content (AvgIpc) is 2.66. The van der Waals surface area contributed by atoms with Gasteiger partial charge in [-0.1, -0.05) is 18.2 Å². The molecule has 0 aliphatic heterocycles.